The molecule has 1 N–H and O–H groups in total. The molecule has 0 radical (unpaired) electrons. The lowest BCUT2D eigenvalue weighted by molar-refractivity contribution is -0.118. The van der Waals surface area contributed by atoms with Gasteiger partial charge in [-0.1, -0.05) is 42.3 Å². The number of benzene rings is 2. The predicted octanol–water partition coefficient (Wildman–Crippen LogP) is 5.70. The summed E-state index contributed by atoms with van der Waals surface area (Å²) in [6.45, 7) is 4.13. The Kier molecular flexibility index (Phi) is 7.12. The van der Waals surface area contributed by atoms with Crippen LogP contribution in [0.2, 0.25) is 10.0 Å². The number of hydrogen-bond acceptors (Lipinski definition) is 5. The molecule has 1 aromatic heterocycles. The lowest BCUT2D eigenvalue weighted by Crippen LogP contribution is -2.33. The van der Waals surface area contributed by atoms with Crippen molar-refractivity contribution in [2.75, 3.05) is 29.9 Å². The third kappa shape index (κ3) is 5.69. The zero-order valence-electron chi connectivity index (χ0n) is 17.7. The first-order chi connectivity index (χ1) is 15.5. The van der Waals surface area contributed by atoms with Gasteiger partial charge in [-0.2, -0.15) is 0 Å². The summed E-state index contributed by atoms with van der Waals surface area (Å²) in [6.07, 6.45) is 2.36. The van der Waals surface area contributed by atoms with Crippen LogP contribution in [-0.2, 0) is 4.79 Å². The van der Waals surface area contributed by atoms with Crippen molar-refractivity contribution in [3.05, 3.63) is 64.6 Å². The Morgan fingerprint density at radius 3 is 2.66 bits per heavy atom. The summed E-state index contributed by atoms with van der Waals surface area (Å²) in [6, 6.07) is 16.3. The first-order valence-electron chi connectivity index (χ1n) is 10.5. The number of amides is 1. The van der Waals surface area contributed by atoms with E-state index in [0.29, 0.717) is 21.5 Å². The van der Waals surface area contributed by atoms with Gasteiger partial charge in [0.25, 0.3) is 5.91 Å². The Balaban J connectivity index is 1.37. The molecule has 0 spiro atoms. The summed E-state index contributed by atoms with van der Waals surface area (Å²) in [7, 11) is 0. The van der Waals surface area contributed by atoms with Crippen LogP contribution in [0.3, 0.4) is 0 Å². The number of ether oxygens (including phenoxy) is 1. The summed E-state index contributed by atoms with van der Waals surface area (Å²) in [5, 5.41) is 12.5. The van der Waals surface area contributed by atoms with Gasteiger partial charge < -0.3 is 15.0 Å². The van der Waals surface area contributed by atoms with Gasteiger partial charge in [-0.15, -0.1) is 10.2 Å². The maximum Gasteiger partial charge on any atom is 0.262 e. The van der Waals surface area contributed by atoms with Gasteiger partial charge >= 0.3 is 0 Å². The van der Waals surface area contributed by atoms with E-state index in [1.54, 1.807) is 18.2 Å². The van der Waals surface area contributed by atoms with E-state index in [4.69, 9.17) is 27.9 Å². The van der Waals surface area contributed by atoms with Crippen LogP contribution in [-0.4, -0.2) is 35.8 Å². The van der Waals surface area contributed by atoms with Crippen LogP contribution in [0.15, 0.2) is 54.6 Å². The first-order valence-corrected chi connectivity index (χ1v) is 11.3. The molecule has 0 bridgehead atoms. The van der Waals surface area contributed by atoms with Crippen LogP contribution < -0.4 is 15.0 Å². The van der Waals surface area contributed by atoms with Crippen molar-refractivity contribution in [2.45, 2.75) is 19.8 Å². The van der Waals surface area contributed by atoms with Gasteiger partial charge in [0.2, 0.25) is 0 Å². The standard InChI is InChI=1S/C24H24Cl2N4O2/c1-16-9-11-30(12-10-16)23-8-7-21(28-29-23)17-3-2-4-19(13-17)27-24(31)15-32-22-14-18(25)5-6-20(22)26/h2-8,13-14,16H,9-12,15H2,1H3,(H,27,31). The van der Waals surface area contributed by atoms with E-state index in [1.807, 2.05) is 36.4 Å². The van der Waals surface area contributed by atoms with Crippen LogP contribution in [0.1, 0.15) is 19.8 Å². The molecule has 1 saturated heterocycles. The lowest BCUT2D eigenvalue weighted by Gasteiger charge is -2.30. The smallest absolute Gasteiger partial charge is 0.262 e. The van der Waals surface area contributed by atoms with Crippen molar-refractivity contribution in [2.24, 2.45) is 5.92 Å². The Hall–Kier alpha value is -2.83. The third-order valence-corrected chi connectivity index (χ3v) is 6.00. The molecule has 4 rings (SSSR count). The topological polar surface area (TPSA) is 67.4 Å². The van der Waals surface area contributed by atoms with Crippen molar-refractivity contribution in [1.82, 2.24) is 10.2 Å². The van der Waals surface area contributed by atoms with Crippen LogP contribution in [0.5, 0.6) is 5.75 Å². The van der Waals surface area contributed by atoms with Gasteiger partial charge in [-0.05, 0) is 55.2 Å². The molecule has 32 heavy (non-hydrogen) atoms. The van der Waals surface area contributed by atoms with Crippen molar-refractivity contribution in [1.29, 1.82) is 0 Å². The molecule has 0 atom stereocenters. The van der Waals surface area contributed by atoms with Crippen molar-refractivity contribution >= 4 is 40.6 Å². The Morgan fingerprint density at radius 1 is 1.09 bits per heavy atom. The molecule has 0 saturated carbocycles. The number of rotatable bonds is 6. The van der Waals surface area contributed by atoms with E-state index in [-0.39, 0.29) is 12.5 Å². The summed E-state index contributed by atoms with van der Waals surface area (Å²) in [5.41, 5.74) is 2.26. The molecule has 2 aromatic carbocycles. The molecule has 1 fully saturated rings. The fourth-order valence-corrected chi connectivity index (χ4v) is 3.90. The van der Waals surface area contributed by atoms with E-state index in [1.165, 1.54) is 12.8 Å². The molecule has 1 aliphatic heterocycles. The second kappa shape index (κ2) is 10.2. The quantitative estimate of drug-likeness (QED) is 0.499. The van der Waals surface area contributed by atoms with Crippen molar-refractivity contribution in [3.8, 4) is 17.0 Å². The molecule has 6 nitrogen and oxygen atoms in total. The highest BCUT2D eigenvalue weighted by Crippen LogP contribution is 2.28. The van der Waals surface area contributed by atoms with Gasteiger partial charge in [-0.25, -0.2) is 0 Å². The number of carbonyl (C=O) groups is 1. The molecule has 0 aliphatic carbocycles. The number of aromatic nitrogens is 2. The van der Waals surface area contributed by atoms with Crippen LogP contribution >= 0.6 is 23.2 Å². The number of halogens is 2. The normalized spacial score (nSPS) is 14.3. The summed E-state index contributed by atoms with van der Waals surface area (Å²) in [5.74, 6) is 1.73. The number of carbonyl (C=O) groups excluding carboxylic acids is 1. The molecular formula is C24H24Cl2N4O2. The predicted molar refractivity (Wildman–Crippen MR) is 129 cm³/mol. The number of nitrogens with one attached hydrogen (secondary N) is 1. The highest BCUT2D eigenvalue weighted by atomic mass is 35.5. The highest BCUT2D eigenvalue weighted by molar-refractivity contribution is 6.34. The SMILES string of the molecule is CC1CCN(c2ccc(-c3cccc(NC(=O)COc4cc(Cl)ccc4Cl)c3)nn2)CC1. The van der Waals surface area contributed by atoms with Gasteiger partial charge in [-0.3, -0.25) is 4.79 Å². The maximum atomic E-state index is 12.3. The van der Waals surface area contributed by atoms with Crippen molar-refractivity contribution in [3.63, 3.8) is 0 Å². The average molecular weight is 471 g/mol. The first kappa shape index (κ1) is 22.4. The van der Waals surface area contributed by atoms with Crippen LogP contribution in [0.4, 0.5) is 11.5 Å². The van der Waals surface area contributed by atoms with E-state index in [2.05, 4.69) is 27.3 Å². The second-order valence-electron chi connectivity index (χ2n) is 7.94. The van der Waals surface area contributed by atoms with Crippen LogP contribution in [0, 0.1) is 5.92 Å². The minimum Gasteiger partial charge on any atom is -0.482 e. The molecule has 2 heterocycles. The number of hydrogen-bond donors (Lipinski definition) is 1. The third-order valence-electron chi connectivity index (χ3n) is 5.45. The number of anilines is 2. The maximum absolute atomic E-state index is 12.3. The number of nitrogens with zero attached hydrogens (tertiary/aromatic N) is 3. The van der Waals surface area contributed by atoms with Crippen LogP contribution in [0.25, 0.3) is 11.3 Å². The summed E-state index contributed by atoms with van der Waals surface area (Å²) < 4.78 is 5.49. The summed E-state index contributed by atoms with van der Waals surface area (Å²) in [4.78, 5) is 14.6. The largest absolute Gasteiger partial charge is 0.482 e. The number of piperidine rings is 1. The molecule has 0 unspecified atom stereocenters. The van der Waals surface area contributed by atoms with Gasteiger partial charge in [0.05, 0.1) is 10.7 Å². The fraction of sp³-hybridized carbons (Fsp3) is 0.292. The van der Waals surface area contributed by atoms with E-state index in [0.717, 1.165) is 36.1 Å². The lowest BCUT2D eigenvalue weighted by atomic mass is 9.99. The summed E-state index contributed by atoms with van der Waals surface area (Å²) >= 11 is 12.0. The molecule has 1 amide bonds. The zero-order chi connectivity index (χ0) is 22.5. The van der Waals surface area contributed by atoms with E-state index < -0.39 is 0 Å². The van der Waals surface area contributed by atoms with Gasteiger partial charge in [0.1, 0.15) is 5.75 Å². The fourth-order valence-electron chi connectivity index (χ4n) is 3.57. The Morgan fingerprint density at radius 2 is 1.91 bits per heavy atom. The Bertz CT molecular complexity index is 1080. The molecule has 1 aliphatic rings. The minimum atomic E-state index is -0.307. The molecule has 8 heteroatoms. The van der Waals surface area contributed by atoms with E-state index >= 15 is 0 Å². The van der Waals surface area contributed by atoms with Crippen molar-refractivity contribution < 1.29 is 9.53 Å². The van der Waals surface area contributed by atoms with E-state index in [9.17, 15) is 4.79 Å². The van der Waals surface area contributed by atoms with Gasteiger partial charge in [0, 0.05) is 35.4 Å². The van der Waals surface area contributed by atoms with Gasteiger partial charge in [0.15, 0.2) is 12.4 Å². The highest BCUT2D eigenvalue weighted by Gasteiger charge is 2.17. The second-order valence-corrected chi connectivity index (χ2v) is 8.78. The monoisotopic (exact) mass is 470 g/mol. The molecule has 3 aromatic rings. The zero-order valence-corrected chi connectivity index (χ0v) is 19.2. The minimum absolute atomic E-state index is 0.187. The Labute approximate surface area is 197 Å². The average Bonchev–Trinajstić information content (AvgIpc) is 2.80. The molecular weight excluding hydrogens is 447 g/mol. The molecule has 166 valence electrons.